The van der Waals surface area contributed by atoms with E-state index in [0.29, 0.717) is 5.02 Å². The van der Waals surface area contributed by atoms with Crippen LogP contribution in [0.1, 0.15) is 31.0 Å². The number of nitrogens with two attached hydrogens (primary N) is 1. The summed E-state index contributed by atoms with van der Waals surface area (Å²) in [5.41, 5.74) is 7.92. The highest BCUT2D eigenvalue weighted by Gasteiger charge is 2.30. The Balaban J connectivity index is 2.39. The van der Waals surface area contributed by atoms with Crippen LogP contribution in [0.15, 0.2) is 48.5 Å². The zero-order valence-corrected chi connectivity index (χ0v) is 11.8. The molecule has 100 valence electrons. The summed E-state index contributed by atoms with van der Waals surface area (Å²) >= 11 is 6.20. The predicted molar refractivity (Wildman–Crippen MR) is 77.8 cm³/mol. The van der Waals surface area contributed by atoms with Crippen molar-refractivity contribution < 1.29 is 4.39 Å². The van der Waals surface area contributed by atoms with Crippen molar-refractivity contribution in [2.75, 3.05) is 0 Å². The van der Waals surface area contributed by atoms with Gasteiger partial charge in [0.2, 0.25) is 0 Å². The first-order valence-electron chi connectivity index (χ1n) is 6.19. The molecule has 0 saturated heterocycles. The Morgan fingerprint density at radius 1 is 1.05 bits per heavy atom. The normalized spacial score (nSPS) is 13.3. The summed E-state index contributed by atoms with van der Waals surface area (Å²) in [7, 11) is 0. The molecule has 1 nitrogen and oxygen atoms in total. The molecule has 0 saturated carbocycles. The molecular weight excluding hydrogens is 261 g/mol. The summed E-state index contributed by atoms with van der Waals surface area (Å²) < 4.78 is 13.0. The van der Waals surface area contributed by atoms with Gasteiger partial charge in [-0.25, -0.2) is 4.39 Å². The third-order valence-corrected chi connectivity index (χ3v) is 3.95. The maximum Gasteiger partial charge on any atom is 0.123 e. The Bertz CT molecular complexity index is 563. The first-order chi connectivity index (χ1) is 8.93. The van der Waals surface area contributed by atoms with Crippen molar-refractivity contribution in [1.82, 2.24) is 0 Å². The van der Waals surface area contributed by atoms with Gasteiger partial charge in [-0.1, -0.05) is 55.8 Å². The largest absolute Gasteiger partial charge is 0.323 e. The van der Waals surface area contributed by atoms with E-state index in [1.54, 1.807) is 12.1 Å². The second-order valence-corrected chi connectivity index (χ2v) is 5.63. The predicted octanol–water partition coefficient (Wildman–Crippen LogP) is 4.46. The molecule has 0 bridgehead atoms. The molecule has 1 unspecified atom stereocenters. The van der Waals surface area contributed by atoms with E-state index < -0.39 is 0 Å². The van der Waals surface area contributed by atoms with Crippen LogP contribution in [0.25, 0.3) is 0 Å². The topological polar surface area (TPSA) is 26.0 Å². The third kappa shape index (κ3) is 2.80. The lowest BCUT2D eigenvalue weighted by Crippen LogP contribution is -2.33. The summed E-state index contributed by atoms with van der Waals surface area (Å²) in [6.07, 6.45) is 0. The maximum absolute atomic E-state index is 13.0. The molecule has 3 heteroatoms. The van der Waals surface area contributed by atoms with Gasteiger partial charge >= 0.3 is 0 Å². The van der Waals surface area contributed by atoms with E-state index >= 15 is 0 Å². The molecule has 2 aromatic rings. The van der Waals surface area contributed by atoms with Gasteiger partial charge in [-0.05, 0) is 29.3 Å². The van der Waals surface area contributed by atoms with Gasteiger partial charge in [0.05, 0.1) is 0 Å². The molecule has 2 N–H and O–H groups in total. The quantitative estimate of drug-likeness (QED) is 0.881. The third-order valence-electron chi connectivity index (χ3n) is 3.61. The molecule has 0 aliphatic carbocycles. The number of hydrogen-bond donors (Lipinski definition) is 1. The van der Waals surface area contributed by atoms with E-state index in [9.17, 15) is 4.39 Å². The molecule has 2 aromatic carbocycles. The number of hydrogen-bond acceptors (Lipinski definition) is 1. The molecule has 1 atom stereocenters. The molecular formula is C16H17ClFN. The van der Waals surface area contributed by atoms with Gasteiger partial charge in [0.15, 0.2) is 0 Å². The average molecular weight is 278 g/mol. The monoisotopic (exact) mass is 277 g/mol. The van der Waals surface area contributed by atoms with Crippen LogP contribution in [0.2, 0.25) is 5.02 Å². The Morgan fingerprint density at radius 2 is 1.63 bits per heavy atom. The Labute approximate surface area is 118 Å². The molecule has 2 rings (SSSR count). The Kier molecular flexibility index (Phi) is 3.93. The van der Waals surface area contributed by atoms with Crippen LogP contribution >= 0.6 is 11.6 Å². The van der Waals surface area contributed by atoms with Gasteiger partial charge in [-0.15, -0.1) is 0 Å². The maximum atomic E-state index is 13.0. The molecule has 0 aliphatic heterocycles. The number of benzene rings is 2. The van der Waals surface area contributed by atoms with Crippen LogP contribution < -0.4 is 5.73 Å². The van der Waals surface area contributed by atoms with Crippen molar-refractivity contribution in [1.29, 1.82) is 0 Å². The van der Waals surface area contributed by atoms with Gasteiger partial charge < -0.3 is 5.73 Å². The lowest BCUT2D eigenvalue weighted by atomic mass is 9.75. The van der Waals surface area contributed by atoms with E-state index in [4.69, 9.17) is 17.3 Å². The lowest BCUT2D eigenvalue weighted by Gasteiger charge is -2.33. The first-order valence-corrected chi connectivity index (χ1v) is 6.57. The molecule has 0 amide bonds. The smallest absolute Gasteiger partial charge is 0.123 e. The molecule has 0 spiro atoms. The van der Waals surface area contributed by atoms with Gasteiger partial charge in [0, 0.05) is 16.5 Å². The fourth-order valence-electron chi connectivity index (χ4n) is 2.18. The fraction of sp³-hybridized carbons (Fsp3) is 0.250. The highest BCUT2D eigenvalue weighted by atomic mass is 35.5. The van der Waals surface area contributed by atoms with Crippen molar-refractivity contribution in [2.24, 2.45) is 5.73 Å². The second-order valence-electron chi connectivity index (χ2n) is 5.23. The van der Waals surface area contributed by atoms with Crippen molar-refractivity contribution in [3.8, 4) is 0 Å². The van der Waals surface area contributed by atoms with E-state index in [2.05, 4.69) is 0 Å². The van der Waals surface area contributed by atoms with Crippen molar-refractivity contribution in [3.05, 3.63) is 70.5 Å². The minimum absolute atomic E-state index is 0.245. The standard InChI is InChI=1S/C16H17ClFN/c1-16(2,11-7-9-12(18)10-8-11)15(19)13-5-3-4-6-14(13)17/h3-10,15H,19H2,1-2H3. The van der Waals surface area contributed by atoms with Crippen LogP contribution in [-0.2, 0) is 5.41 Å². The van der Waals surface area contributed by atoms with E-state index in [-0.39, 0.29) is 17.3 Å². The van der Waals surface area contributed by atoms with Crippen molar-refractivity contribution in [3.63, 3.8) is 0 Å². The highest BCUT2D eigenvalue weighted by Crippen LogP contribution is 2.37. The van der Waals surface area contributed by atoms with Gasteiger partial charge in [-0.2, -0.15) is 0 Å². The number of halogens is 2. The van der Waals surface area contributed by atoms with E-state index in [1.807, 2.05) is 38.1 Å². The van der Waals surface area contributed by atoms with Crippen LogP contribution in [0.3, 0.4) is 0 Å². The van der Waals surface area contributed by atoms with Crippen LogP contribution in [-0.4, -0.2) is 0 Å². The van der Waals surface area contributed by atoms with Gasteiger partial charge in [0.1, 0.15) is 5.82 Å². The zero-order valence-electron chi connectivity index (χ0n) is 11.0. The minimum Gasteiger partial charge on any atom is -0.323 e. The molecule has 19 heavy (non-hydrogen) atoms. The molecule has 0 aliphatic rings. The molecule has 0 heterocycles. The fourth-order valence-corrected chi connectivity index (χ4v) is 2.43. The average Bonchev–Trinajstić information content (AvgIpc) is 2.39. The van der Waals surface area contributed by atoms with E-state index in [0.717, 1.165) is 11.1 Å². The summed E-state index contributed by atoms with van der Waals surface area (Å²) in [5, 5.41) is 0.658. The Hall–Kier alpha value is -1.38. The van der Waals surface area contributed by atoms with Gasteiger partial charge in [-0.3, -0.25) is 0 Å². The molecule has 0 fully saturated rings. The summed E-state index contributed by atoms with van der Waals surface area (Å²) in [5.74, 6) is -0.245. The van der Waals surface area contributed by atoms with Crippen LogP contribution in [0.5, 0.6) is 0 Å². The van der Waals surface area contributed by atoms with Crippen LogP contribution in [0, 0.1) is 5.82 Å². The highest BCUT2D eigenvalue weighted by molar-refractivity contribution is 6.31. The van der Waals surface area contributed by atoms with Gasteiger partial charge in [0.25, 0.3) is 0 Å². The lowest BCUT2D eigenvalue weighted by molar-refractivity contribution is 0.420. The number of rotatable bonds is 3. The summed E-state index contributed by atoms with van der Waals surface area (Å²) in [4.78, 5) is 0. The SMILES string of the molecule is CC(C)(c1ccc(F)cc1)C(N)c1ccccc1Cl. The Morgan fingerprint density at radius 3 is 2.21 bits per heavy atom. The van der Waals surface area contributed by atoms with Crippen LogP contribution in [0.4, 0.5) is 4.39 Å². The van der Waals surface area contributed by atoms with Crippen molar-refractivity contribution >= 4 is 11.6 Å². The first kappa shape index (κ1) is 14.0. The summed E-state index contributed by atoms with van der Waals surface area (Å²) in [6.45, 7) is 4.07. The molecule has 0 aromatic heterocycles. The summed E-state index contributed by atoms with van der Waals surface area (Å²) in [6, 6.07) is 13.7. The minimum atomic E-state index is -0.335. The zero-order chi connectivity index (χ0) is 14.0. The van der Waals surface area contributed by atoms with Crippen molar-refractivity contribution in [2.45, 2.75) is 25.3 Å². The molecule has 0 radical (unpaired) electrons. The second kappa shape index (κ2) is 5.32. The van der Waals surface area contributed by atoms with E-state index in [1.165, 1.54) is 12.1 Å².